The SMILES string of the molecule is Cn1c(=O)c2c(nc(N3CCN(C(=S)Nc4ccc(Oc5ccccc5)cc4)CC3)n2Cc2ccc(F)cc2)n(C)c1=O. The number of fused-ring (bicyclic) bond motifs is 1. The summed E-state index contributed by atoms with van der Waals surface area (Å²) in [6, 6.07) is 23.3. The largest absolute Gasteiger partial charge is 0.457 e. The number of nitrogens with one attached hydrogen (secondary N) is 1. The van der Waals surface area contributed by atoms with Crippen molar-refractivity contribution >= 4 is 40.1 Å². The highest BCUT2D eigenvalue weighted by Crippen LogP contribution is 2.25. The summed E-state index contributed by atoms with van der Waals surface area (Å²) >= 11 is 5.72. The topological polar surface area (TPSA) is 89.6 Å². The smallest absolute Gasteiger partial charge is 0.332 e. The molecule has 2 aromatic heterocycles. The molecule has 43 heavy (non-hydrogen) atoms. The lowest BCUT2D eigenvalue weighted by molar-refractivity contribution is 0.386. The maximum atomic E-state index is 13.6. The molecule has 1 aliphatic rings. The molecule has 0 radical (unpaired) electrons. The highest BCUT2D eigenvalue weighted by atomic mass is 32.1. The molecule has 1 aliphatic heterocycles. The van der Waals surface area contributed by atoms with E-state index in [9.17, 15) is 14.0 Å². The van der Waals surface area contributed by atoms with E-state index in [1.807, 2.05) is 59.2 Å². The average Bonchev–Trinajstić information content (AvgIpc) is 3.40. The molecule has 220 valence electrons. The number of halogens is 1. The number of anilines is 2. The zero-order valence-electron chi connectivity index (χ0n) is 23.7. The molecule has 1 N–H and O–H groups in total. The van der Waals surface area contributed by atoms with E-state index < -0.39 is 11.2 Å². The maximum absolute atomic E-state index is 13.6. The Hall–Kier alpha value is -4.97. The van der Waals surface area contributed by atoms with Gasteiger partial charge in [0.1, 0.15) is 17.3 Å². The number of ether oxygens (including phenoxy) is 1. The van der Waals surface area contributed by atoms with Crippen molar-refractivity contribution in [2.45, 2.75) is 6.54 Å². The predicted octanol–water partition coefficient (Wildman–Crippen LogP) is 3.93. The molecule has 0 saturated carbocycles. The van der Waals surface area contributed by atoms with Crippen molar-refractivity contribution in [2.75, 3.05) is 36.4 Å². The van der Waals surface area contributed by atoms with Crippen LogP contribution in [-0.2, 0) is 20.6 Å². The Balaban J connectivity index is 1.18. The standard InChI is InChI=1S/C31H30FN7O3S/c1-35-27-26(28(40)36(2)31(35)41)39(20-21-8-10-22(32)11-9-21)29(34-27)37-16-18-38(19-17-37)30(43)33-23-12-14-25(15-13-23)42-24-6-4-3-5-7-24/h3-15H,16-20H2,1-2H3,(H,33,43). The van der Waals surface area contributed by atoms with E-state index in [1.54, 1.807) is 19.2 Å². The highest BCUT2D eigenvalue weighted by Gasteiger charge is 2.26. The number of nitrogens with zero attached hydrogens (tertiary/aromatic N) is 6. The first kappa shape index (κ1) is 28.2. The van der Waals surface area contributed by atoms with E-state index in [0.29, 0.717) is 54.9 Å². The van der Waals surface area contributed by atoms with Crippen molar-refractivity contribution in [3.63, 3.8) is 0 Å². The molecule has 12 heteroatoms. The van der Waals surface area contributed by atoms with Crippen molar-refractivity contribution in [1.29, 1.82) is 0 Å². The Morgan fingerprint density at radius 2 is 1.53 bits per heavy atom. The summed E-state index contributed by atoms with van der Waals surface area (Å²) in [5.41, 5.74) is 1.42. The lowest BCUT2D eigenvalue weighted by atomic mass is 10.2. The van der Waals surface area contributed by atoms with Crippen LogP contribution in [0.3, 0.4) is 0 Å². The van der Waals surface area contributed by atoms with Crippen LogP contribution in [0.1, 0.15) is 5.56 Å². The fourth-order valence-corrected chi connectivity index (χ4v) is 5.44. The van der Waals surface area contributed by atoms with Crippen molar-refractivity contribution < 1.29 is 9.13 Å². The molecule has 3 aromatic carbocycles. The Bertz CT molecular complexity index is 1890. The van der Waals surface area contributed by atoms with Gasteiger partial charge >= 0.3 is 5.69 Å². The summed E-state index contributed by atoms with van der Waals surface area (Å²) in [5, 5.41) is 3.91. The Labute approximate surface area is 252 Å². The second kappa shape index (κ2) is 11.7. The minimum Gasteiger partial charge on any atom is -0.457 e. The first-order chi connectivity index (χ1) is 20.8. The molecular formula is C31H30FN7O3S. The molecular weight excluding hydrogens is 569 g/mol. The Morgan fingerprint density at radius 3 is 2.21 bits per heavy atom. The number of imidazole rings is 1. The van der Waals surface area contributed by atoms with Crippen LogP contribution in [-0.4, -0.2) is 54.9 Å². The van der Waals surface area contributed by atoms with Crippen molar-refractivity contribution in [3.05, 3.63) is 111 Å². The highest BCUT2D eigenvalue weighted by molar-refractivity contribution is 7.80. The minimum atomic E-state index is -0.448. The van der Waals surface area contributed by atoms with E-state index in [-0.39, 0.29) is 5.82 Å². The van der Waals surface area contributed by atoms with Crippen molar-refractivity contribution in [3.8, 4) is 11.5 Å². The molecule has 0 atom stereocenters. The van der Waals surface area contributed by atoms with E-state index in [4.69, 9.17) is 21.9 Å². The van der Waals surface area contributed by atoms with Gasteiger partial charge in [-0.2, -0.15) is 4.98 Å². The van der Waals surface area contributed by atoms with Crippen molar-refractivity contribution in [1.82, 2.24) is 23.6 Å². The van der Waals surface area contributed by atoms with Gasteiger partial charge < -0.3 is 19.9 Å². The lowest BCUT2D eigenvalue weighted by Crippen LogP contribution is -2.50. The number of thiocarbonyl (C=S) groups is 1. The molecule has 10 nitrogen and oxygen atoms in total. The van der Waals surface area contributed by atoms with Crippen LogP contribution < -0.4 is 26.2 Å². The molecule has 0 amide bonds. The molecule has 1 saturated heterocycles. The van der Waals surface area contributed by atoms with Crippen LogP contribution in [0.25, 0.3) is 11.2 Å². The summed E-state index contributed by atoms with van der Waals surface area (Å²) in [6.07, 6.45) is 0. The average molecular weight is 600 g/mol. The van der Waals surface area contributed by atoms with Crippen molar-refractivity contribution in [2.24, 2.45) is 14.1 Å². The van der Waals surface area contributed by atoms with E-state index >= 15 is 0 Å². The number of aryl methyl sites for hydroxylation is 1. The third-order valence-electron chi connectivity index (χ3n) is 7.52. The van der Waals surface area contributed by atoms with Gasteiger partial charge in [-0.25, -0.2) is 9.18 Å². The molecule has 0 spiro atoms. The molecule has 3 heterocycles. The second-order valence-corrected chi connectivity index (χ2v) is 10.7. The van der Waals surface area contributed by atoms with Crippen LogP contribution in [0.2, 0.25) is 0 Å². The van der Waals surface area contributed by atoms with Gasteiger partial charge in [0.05, 0.1) is 6.54 Å². The van der Waals surface area contributed by atoms with Gasteiger partial charge in [-0.15, -0.1) is 0 Å². The van der Waals surface area contributed by atoms with Gasteiger partial charge in [-0.1, -0.05) is 30.3 Å². The van der Waals surface area contributed by atoms with Crippen LogP contribution in [0.4, 0.5) is 16.0 Å². The van der Waals surface area contributed by atoms with Crippen LogP contribution in [0.5, 0.6) is 11.5 Å². The predicted molar refractivity (Wildman–Crippen MR) is 169 cm³/mol. The number of hydrogen-bond donors (Lipinski definition) is 1. The number of benzene rings is 3. The number of rotatable bonds is 6. The van der Waals surface area contributed by atoms with Gasteiger partial charge in [0.2, 0.25) is 5.95 Å². The zero-order chi connectivity index (χ0) is 30.1. The van der Waals surface area contributed by atoms with Crippen LogP contribution in [0.15, 0.2) is 88.5 Å². The van der Waals surface area contributed by atoms with Gasteiger partial charge in [-0.3, -0.25) is 18.5 Å². The maximum Gasteiger partial charge on any atom is 0.332 e. The molecule has 6 rings (SSSR count). The van der Waals surface area contributed by atoms with Gasteiger partial charge in [0, 0.05) is 46.0 Å². The fourth-order valence-electron chi connectivity index (χ4n) is 5.14. The van der Waals surface area contributed by atoms with E-state index in [0.717, 1.165) is 27.3 Å². The third kappa shape index (κ3) is 5.73. The quantitative estimate of drug-likeness (QED) is 0.294. The lowest BCUT2D eigenvalue weighted by Gasteiger charge is -2.36. The number of aromatic nitrogens is 4. The summed E-state index contributed by atoms with van der Waals surface area (Å²) in [5.74, 6) is 1.73. The monoisotopic (exact) mass is 599 g/mol. The second-order valence-electron chi connectivity index (χ2n) is 10.3. The molecule has 1 fully saturated rings. The third-order valence-corrected chi connectivity index (χ3v) is 7.88. The summed E-state index contributed by atoms with van der Waals surface area (Å²) in [4.78, 5) is 34.9. The first-order valence-electron chi connectivity index (χ1n) is 13.8. The summed E-state index contributed by atoms with van der Waals surface area (Å²) in [7, 11) is 3.06. The Morgan fingerprint density at radius 1 is 0.884 bits per heavy atom. The first-order valence-corrected chi connectivity index (χ1v) is 14.2. The van der Waals surface area contributed by atoms with Crippen LogP contribution in [0, 0.1) is 5.82 Å². The van der Waals surface area contributed by atoms with Gasteiger partial charge in [-0.05, 0) is 66.3 Å². The van der Waals surface area contributed by atoms with Gasteiger partial charge in [0.25, 0.3) is 5.56 Å². The molecule has 0 aliphatic carbocycles. The summed E-state index contributed by atoms with van der Waals surface area (Å²) in [6.45, 7) is 2.72. The number of piperazine rings is 1. The Kier molecular flexibility index (Phi) is 7.68. The molecule has 0 unspecified atom stereocenters. The minimum absolute atomic E-state index is 0.295. The number of para-hydroxylation sites is 1. The zero-order valence-corrected chi connectivity index (χ0v) is 24.6. The molecule has 5 aromatic rings. The number of hydrogen-bond acceptors (Lipinski definition) is 6. The molecule has 0 bridgehead atoms. The van der Waals surface area contributed by atoms with Crippen LogP contribution >= 0.6 is 12.2 Å². The fraction of sp³-hybridized carbons (Fsp3) is 0.226. The normalized spacial score (nSPS) is 13.4. The summed E-state index contributed by atoms with van der Waals surface area (Å²) < 4.78 is 23.7. The van der Waals surface area contributed by atoms with Gasteiger partial charge in [0.15, 0.2) is 16.3 Å². The van der Waals surface area contributed by atoms with E-state index in [2.05, 4.69) is 15.1 Å². The van der Waals surface area contributed by atoms with E-state index in [1.165, 1.54) is 23.7 Å².